The Labute approximate surface area is 199 Å². The zero-order valence-corrected chi connectivity index (χ0v) is 19.3. The summed E-state index contributed by atoms with van der Waals surface area (Å²) >= 11 is 6.32. The summed E-state index contributed by atoms with van der Waals surface area (Å²) in [5.74, 6) is -2.87. The van der Waals surface area contributed by atoms with Gasteiger partial charge in [0.25, 0.3) is 5.69 Å². The van der Waals surface area contributed by atoms with Gasteiger partial charge in [-0.1, -0.05) is 23.7 Å². The molecular weight excluding hydrogens is 460 g/mol. The second-order valence-electron chi connectivity index (χ2n) is 9.46. The van der Waals surface area contributed by atoms with E-state index in [0.29, 0.717) is 40.4 Å². The SMILES string of the molecule is Cc1ccc(N2C(=O)[C@H]3[C@@H](C2=O)[C@@]2(C(=O)Nc4c2ccc(Cl)c4C)N2CCC[C@@H]32)cc1[N+](=O)[O-]. The number of nitrogens with one attached hydrogen (secondary N) is 1. The van der Waals surface area contributed by atoms with Crippen LogP contribution in [0, 0.1) is 35.8 Å². The molecule has 0 bridgehead atoms. The molecule has 2 aromatic rings. The van der Waals surface area contributed by atoms with E-state index in [9.17, 15) is 24.5 Å². The number of fused-ring (bicyclic) bond motifs is 7. The molecule has 34 heavy (non-hydrogen) atoms. The van der Waals surface area contributed by atoms with Crippen molar-refractivity contribution < 1.29 is 19.3 Å². The van der Waals surface area contributed by atoms with Crippen molar-refractivity contribution in [3.05, 3.63) is 62.2 Å². The van der Waals surface area contributed by atoms with E-state index in [2.05, 4.69) is 5.32 Å². The van der Waals surface area contributed by atoms with Gasteiger partial charge < -0.3 is 5.32 Å². The summed E-state index contributed by atoms with van der Waals surface area (Å²) < 4.78 is 0. The zero-order chi connectivity index (χ0) is 24.1. The van der Waals surface area contributed by atoms with Gasteiger partial charge in [-0.2, -0.15) is 0 Å². The lowest BCUT2D eigenvalue weighted by atomic mass is 9.75. The number of halogens is 1. The molecule has 0 aliphatic carbocycles. The third-order valence-electron chi connectivity index (χ3n) is 8.01. The van der Waals surface area contributed by atoms with E-state index in [0.717, 1.165) is 11.3 Å². The van der Waals surface area contributed by atoms with Crippen LogP contribution in [0.1, 0.15) is 29.5 Å². The van der Waals surface area contributed by atoms with Crippen LogP contribution >= 0.6 is 11.6 Å². The highest BCUT2D eigenvalue weighted by molar-refractivity contribution is 6.32. The zero-order valence-electron chi connectivity index (χ0n) is 18.5. The molecule has 3 amide bonds. The lowest BCUT2D eigenvalue weighted by Gasteiger charge is -2.36. The second-order valence-corrected chi connectivity index (χ2v) is 9.87. The maximum Gasteiger partial charge on any atom is 0.274 e. The van der Waals surface area contributed by atoms with Gasteiger partial charge in [0.05, 0.1) is 28.1 Å². The molecule has 174 valence electrons. The normalized spacial score (nSPS) is 29.6. The Hall–Kier alpha value is -3.30. The molecule has 4 atom stereocenters. The quantitative estimate of drug-likeness (QED) is 0.401. The average Bonchev–Trinajstić information content (AvgIpc) is 3.50. The molecule has 0 aromatic heterocycles. The van der Waals surface area contributed by atoms with Crippen LogP contribution in [-0.2, 0) is 19.9 Å². The fourth-order valence-electron chi connectivity index (χ4n) is 6.58. The highest BCUT2D eigenvalue weighted by Crippen LogP contribution is 2.61. The molecule has 9 nitrogen and oxygen atoms in total. The van der Waals surface area contributed by atoms with Gasteiger partial charge in [-0.05, 0) is 50.9 Å². The Bertz CT molecular complexity index is 1340. The molecule has 3 fully saturated rings. The first-order valence-corrected chi connectivity index (χ1v) is 11.6. The van der Waals surface area contributed by atoms with E-state index >= 15 is 0 Å². The largest absolute Gasteiger partial charge is 0.324 e. The number of imide groups is 1. The monoisotopic (exact) mass is 480 g/mol. The van der Waals surface area contributed by atoms with Crippen molar-refractivity contribution in [2.75, 3.05) is 16.8 Å². The van der Waals surface area contributed by atoms with Crippen molar-refractivity contribution >= 4 is 46.4 Å². The van der Waals surface area contributed by atoms with Crippen LogP contribution in [0.5, 0.6) is 0 Å². The van der Waals surface area contributed by atoms with Crippen LogP contribution in [-0.4, -0.2) is 40.1 Å². The van der Waals surface area contributed by atoms with Crippen LogP contribution in [0.2, 0.25) is 5.02 Å². The number of hydrogen-bond acceptors (Lipinski definition) is 6. The number of rotatable bonds is 2. The molecule has 0 saturated carbocycles. The van der Waals surface area contributed by atoms with Crippen molar-refractivity contribution in [1.82, 2.24) is 4.90 Å². The van der Waals surface area contributed by atoms with E-state index in [1.54, 1.807) is 25.1 Å². The van der Waals surface area contributed by atoms with Gasteiger partial charge in [0.15, 0.2) is 0 Å². The van der Waals surface area contributed by atoms with Crippen molar-refractivity contribution in [3.8, 4) is 0 Å². The van der Waals surface area contributed by atoms with E-state index in [1.165, 1.54) is 12.1 Å². The van der Waals surface area contributed by atoms with Crippen LogP contribution in [0.4, 0.5) is 17.1 Å². The third kappa shape index (κ3) is 2.35. The van der Waals surface area contributed by atoms with Gasteiger partial charge in [-0.3, -0.25) is 29.4 Å². The Morgan fingerprint density at radius 1 is 1.15 bits per heavy atom. The average molecular weight is 481 g/mol. The van der Waals surface area contributed by atoms with E-state index < -0.39 is 34.1 Å². The van der Waals surface area contributed by atoms with Crippen LogP contribution < -0.4 is 10.2 Å². The van der Waals surface area contributed by atoms with Gasteiger partial charge in [-0.25, -0.2) is 4.90 Å². The number of nitro benzene ring substituents is 1. The predicted octanol–water partition coefficient (Wildman–Crippen LogP) is 3.30. The molecule has 6 rings (SSSR count). The molecule has 1 N–H and O–H groups in total. The summed E-state index contributed by atoms with van der Waals surface area (Å²) in [6, 6.07) is 7.57. The highest BCUT2D eigenvalue weighted by Gasteiger charge is 2.74. The number of nitro groups is 1. The number of aryl methyl sites for hydroxylation is 1. The number of anilines is 2. The van der Waals surface area contributed by atoms with Crippen molar-refractivity contribution in [3.63, 3.8) is 0 Å². The number of nitrogens with zero attached hydrogens (tertiary/aromatic N) is 3. The van der Waals surface area contributed by atoms with E-state index in [-0.39, 0.29) is 23.3 Å². The smallest absolute Gasteiger partial charge is 0.274 e. The van der Waals surface area contributed by atoms with Crippen LogP contribution in [0.25, 0.3) is 0 Å². The number of benzene rings is 2. The predicted molar refractivity (Wildman–Crippen MR) is 124 cm³/mol. The minimum atomic E-state index is -1.31. The standard InChI is InChI=1S/C24H21ClN4O5/c1-11-5-6-13(10-17(11)29(33)34)28-21(30)18-16-4-3-9-27(16)24(19(18)22(28)31)14-7-8-15(25)12(2)20(14)26-23(24)32/h5-8,10,16,18-19H,3-4,9H2,1-2H3,(H,26,32)/t16-,18+,19-,24-/m0/s1. The summed E-state index contributed by atoms with van der Waals surface area (Å²) in [7, 11) is 0. The van der Waals surface area contributed by atoms with Gasteiger partial charge in [0, 0.05) is 28.3 Å². The first-order valence-electron chi connectivity index (χ1n) is 11.2. The Balaban J connectivity index is 1.54. The van der Waals surface area contributed by atoms with Crippen molar-refractivity contribution in [1.29, 1.82) is 0 Å². The Kier molecular flexibility index (Phi) is 4.29. The molecule has 0 radical (unpaired) electrons. The number of carbonyl (C=O) groups is 3. The summed E-state index contributed by atoms with van der Waals surface area (Å²) in [6.07, 6.45) is 1.50. The van der Waals surface area contributed by atoms with Crippen molar-refractivity contribution in [2.24, 2.45) is 11.8 Å². The topological polar surface area (TPSA) is 113 Å². The maximum absolute atomic E-state index is 14.0. The first kappa shape index (κ1) is 21.2. The molecule has 4 aliphatic heterocycles. The second kappa shape index (κ2) is 6.86. The first-order chi connectivity index (χ1) is 16.2. The van der Waals surface area contributed by atoms with Gasteiger partial charge in [0.2, 0.25) is 17.7 Å². The fourth-order valence-corrected chi connectivity index (χ4v) is 6.74. The fraction of sp³-hybridized carbons (Fsp3) is 0.375. The summed E-state index contributed by atoms with van der Waals surface area (Å²) in [5.41, 5.74) is 1.09. The molecule has 1 spiro atoms. The Morgan fingerprint density at radius 3 is 2.65 bits per heavy atom. The van der Waals surface area contributed by atoms with E-state index in [4.69, 9.17) is 11.6 Å². The van der Waals surface area contributed by atoms with E-state index in [1.807, 2.05) is 11.8 Å². The minimum Gasteiger partial charge on any atom is -0.324 e. The number of hydrogen-bond donors (Lipinski definition) is 1. The summed E-state index contributed by atoms with van der Waals surface area (Å²) in [6.45, 7) is 4.01. The lowest BCUT2D eigenvalue weighted by Crippen LogP contribution is -2.54. The van der Waals surface area contributed by atoms with Gasteiger partial charge in [-0.15, -0.1) is 0 Å². The molecule has 2 aromatic carbocycles. The molecule has 0 unspecified atom stereocenters. The maximum atomic E-state index is 14.0. The highest BCUT2D eigenvalue weighted by atomic mass is 35.5. The van der Waals surface area contributed by atoms with Gasteiger partial charge >= 0.3 is 0 Å². The molecular formula is C24H21ClN4O5. The molecule has 3 saturated heterocycles. The third-order valence-corrected chi connectivity index (χ3v) is 8.42. The lowest BCUT2D eigenvalue weighted by molar-refractivity contribution is -0.385. The molecule has 10 heteroatoms. The minimum absolute atomic E-state index is 0.160. The summed E-state index contributed by atoms with van der Waals surface area (Å²) in [4.78, 5) is 55.5. The van der Waals surface area contributed by atoms with Crippen LogP contribution in [0.15, 0.2) is 30.3 Å². The Morgan fingerprint density at radius 2 is 1.91 bits per heavy atom. The number of carbonyl (C=O) groups excluding carboxylic acids is 3. The molecule has 4 aliphatic rings. The van der Waals surface area contributed by atoms with Crippen molar-refractivity contribution in [2.45, 2.75) is 38.3 Å². The molecule has 4 heterocycles. The van der Waals surface area contributed by atoms with Gasteiger partial charge in [0.1, 0.15) is 5.54 Å². The number of amides is 3. The summed E-state index contributed by atoms with van der Waals surface area (Å²) in [5, 5.41) is 14.9. The van der Waals surface area contributed by atoms with Crippen LogP contribution in [0.3, 0.4) is 0 Å².